The molecule has 1 aromatic heterocycles. The highest BCUT2D eigenvalue weighted by atomic mass is 16.5. The monoisotopic (exact) mass is 286 g/mol. The van der Waals surface area contributed by atoms with E-state index in [1.54, 1.807) is 0 Å². The summed E-state index contributed by atoms with van der Waals surface area (Å²) >= 11 is 0. The fourth-order valence-corrected chi connectivity index (χ4v) is 2.01. The van der Waals surface area contributed by atoms with Gasteiger partial charge >= 0.3 is 0 Å². The number of aliphatic hydroxyl groups is 1. The van der Waals surface area contributed by atoms with Gasteiger partial charge in [0.05, 0.1) is 25.0 Å². The summed E-state index contributed by atoms with van der Waals surface area (Å²) in [5.74, 6) is 0. The predicted octanol–water partition coefficient (Wildman–Crippen LogP) is 2.06. The number of nitrogens with one attached hydrogen (secondary N) is 1. The Balaban J connectivity index is 1.60. The van der Waals surface area contributed by atoms with Crippen molar-refractivity contribution in [2.75, 3.05) is 13.2 Å². The molecule has 4 nitrogen and oxygen atoms in total. The van der Waals surface area contributed by atoms with E-state index in [-0.39, 0.29) is 0 Å². The molecule has 0 aliphatic heterocycles. The summed E-state index contributed by atoms with van der Waals surface area (Å²) in [5.41, 5.74) is 3.09. The van der Waals surface area contributed by atoms with Crippen molar-refractivity contribution < 1.29 is 9.84 Å². The lowest BCUT2D eigenvalue weighted by atomic mass is 10.2. The van der Waals surface area contributed by atoms with Crippen LogP contribution >= 0.6 is 0 Å². The smallest absolute Gasteiger partial charge is 0.0897 e. The maximum absolute atomic E-state index is 9.85. The number of hydrogen-bond acceptors (Lipinski definition) is 4. The van der Waals surface area contributed by atoms with Crippen LogP contribution in [-0.4, -0.2) is 29.3 Å². The molecule has 0 saturated heterocycles. The molecule has 2 aromatic rings. The highest BCUT2D eigenvalue weighted by molar-refractivity contribution is 5.13. The Morgan fingerprint density at radius 1 is 1.14 bits per heavy atom. The summed E-state index contributed by atoms with van der Waals surface area (Å²) in [5, 5.41) is 13.0. The van der Waals surface area contributed by atoms with Crippen LogP contribution in [0.4, 0.5) is 0 Å². The molecule has 0 spiro atoms. The third-order valence-corrected chi connectivity index (χ3v) is 3.05. The quantitative estimate of drug-likeness (QED) is 0.780. The first kappa shape index (κ1) is 15.6. The Labute approximate surface area is 125 Å². The molecule has 112 valence electrons. The van der Waals surface area contributed by atoms with Gasteiger partial charge in [0.2, 0.25) is 0 Å². The molecule has 1 aromatic carbocycles. The zero-order chi connectivity index (χ0) is 14.9. The summed E-state index contributed by atoms with van der Waals surface area (Å²) < 4.78 is 5.50. The molecule has 1 heterocycles. The number of aromatic nitrogens is 1. The number of pyridine rings is 1. The van der Waals surface area contributed by atoms with Crippen LogP contribution in [-0.2, 0) is 17.9 Å². The standard InChI is InChI=1S/C17H22N2O2/c1-14-6-5-9-16(19-14)10-18-11-17(20)13-21-12-15-7-3-2-4-8-15/h2-9,17-18,20H,10-13H2,1H3. The lowest BCUT2D eigenvalue weighted by Crippen LogP contribution is -2.30. The van der Waals surface area contributed by atoms with E-state index in [0.717, 1.165) is 17.0 Å². The zero-order valence-corrected chi connectivity index (χ0v) is 12.3. The second-order valence-electron chi connectivity index (χ2n) is 5.06. The van der Waals surface area contributed by atoms with Crippen molar-refractivity contribution in [2.45, 2.75) is 26.2 Å². The minimum atomic E-state index is -0.515. The zero-order valence-electron chi connectivity index (χ0n) is 12.3. The van der Waals surface area contributed by atoms with Crippen LogP contribution in [0.1, 0.15) is 17.0 Å². The highest BCUT2D eigenvalue weighted by Gasteiger charge is 2.04. The van der Waals surface area contributed by atoms with Crippen LogP contribution in [0.3, 0.4) is 0 Å². The first-order valence-electron chi connectivity index (χ1n) is 7.17. The summed E-state index contributed by atoms with van der Waals surface area (Å²) in [7, 11) is 0. The van der Waals surface area contributed by atoms with Gasteiger partial charge in [0.15, 0.2) is 0 Å². The summed E-state index contributed by atoms with van der Waals surface area (Å²) in [4.78, 5) is 4.40. The number of aliphatic hydroxyl groups excluding tert-OH is 1. The van der Waals surface area contributed by atoms with E-state index in [9.17, 15) is 5.11 Å². The molecule has 0 amide bonds. The number of aryl methyl sites for hydroxylation is 1. The number of nitrogens with zero attached hydrogens (tertiary/aromatic N) is 1. The van der Waals surface area contributed by atoms with Crippen LogP contribution in [0.2, 0.25) is 0 Å². The number of rotatable bonds is 8. The van der Waals surface area contributed by atoms with Crippen molar-refractivity contribution in [3.63, 3.8) is 0 Å². The van der Waals surface area contributed by atoms with Crippen LogP contribution in [0.25, 0.3) is 0 Å². The number of hydrogen-bond donors (Lipinski definition) is 2. The molecule has 0 bridgehead atoms. The van der Waals surface area contributed by atoms with Crippen molar-refractivity contribution >= 4 is 0 Å². The summed E-state index contributed by atoms with van der Waals surface area (Å²) in [6.45, 7) is 3.96. The maximum Gasteiger partial charge on any atom is 0.0897 e. The Kier molecular flexibility index (Phi) is 6.34. The third-order valence-electron chi connectivity index (χ3n) is 3.05. The van der Waals surface area contributed by atoms with Crippen LogP contribution in [0.5, 0.6) is 0 Å². The third kappa shape index (κ3) is 6.04. The normalized spacial score (nSPS) is 12.3. The van der Waals surface area contributed by atoms with E-state index in [4.69, 9.17) is 4.74 Å². The van der Waals surface area contributed by atoms with Gasteiger partial charge in [-0.05, 0) is 24.6 Å². The molecular formula is C17H22N2O2. The lowest BCUT2D eigenvalue weighted by Gasteiger charge is -2.12. The molecule has 2 N–H and O–H groups in total. The molecule has 2 rings (SSSR count). The van der Waals surface area contributed by atoms with E-state index < -0.39 is 6.10 Å². The van der Waals surface area contributed by atoms with Gasteiger partial charge in [-0.15, -0.1) is 0 Å². The molecule has 0 saturated carbocycles. The summed E-state index contributed by atoms with van der Waals surface area (Å²) in [6.07, 6.45) is -0.515. The van der Waals surface area contributed by atoms with E-state index in [2.05, 4.69) is 10.3 Å². The van der Waals surface area contributed by atoms with E-state index in [1.165, 1.54) is 0 Å². The van der Waals surface area contributed by atoms with Crippen molar-refractivity contribution in [3.05, 3.63) is 65.5 Å². The molecule has 0 fully saturated rings. The Morgan fingerprint density at radius 3 is 2.71 bits per heavy atom. The fraction of sp³-hybridized carbons (Fsp3) is 0.353. The Bertz CT molecular complexity index is 531. The highest BCUT2D eigenvalue weighted by Crippen LogP contribution is 2.01. The Hall–Kier alpha value is -1.75. The molecule has 0 radical (unpaired) electrons. The van der Waals surface area contributed by atoms with Gasteiger partial charge < -0.3 is 15.2 Å². The van der Waals surface area contributed by atoms with Gasteiger partial charge in [-0.1, -0.05) is 36.4 Å². The second-order valence-corrected chi connectivity index (χ2v) is 5.06. The topological polar surface area (TPSA) is 54.4 Å². The van der Waals surface area contributed by atoms with Gasteiger partial charge in [0.25, 0.3) is 0 Å². The van der Waals surface area contributed by atoms with E-state index in [0.29, 0.717) is 26.3 Å². The molecule has 0 aliphatic carbocycles. The molecule has 1 atom stereocenters. The fourth-order valence-electron chi connectivity index (χ4n) is 2.01. The average Bonchev–Trinajstić information content (AvgIpc) is 2.48. The van der Waals surface area contributed by atoms with Crippen molar-refractivity contribution in [1.29, 1.82) is 0 Å². The van der Waals surface area contributed by atoms with Crippen molar-refractivity contribution in [1.82, 2.24) is 10.3 Å². The average molecular weight is 286 g/mol. The van der Waals surface area contributed by atoms with Crippen molar-refractivity contribution in [2.24, 2.45) is 0 Å². The first-order chi connectivity index (χ1) is 10.2. The van der Waals surface area contributed by atoms with Gasteiger partial charge in [0, 0.05) is 18.8 Å². The van der Waals surface area contributed by atoms with Gasteiger partial charge in [-0.2, -0.15) is 0 Å². The van der Waals surface area contributed by atoms with Gasteiger partial charge in [-0.3, -0.25) is 4.98 Å². The molecule has 1 unspecified atom stereocenters. The predicted molar refractivity (Wildman–Crippen MR) is 82.8 cm³/mol. The Morgan fingerprint density at radius 2 is 1.95 bits per heavy atom. The largest absolute Gasteiger partial charge is 0.389 e. The van der Waals surface area contributed by atoms with Crippen LogP contribution in [0, 0.1) is 6.92 Å². The lowest BCUT2D eigenvalue weighted by molar-refractivity contribution is 0.0287. The molecule has 0 aliphatic rings. The van der Waals surface area contributed by atoms with Gasteiger partial charge in [-0.25, -0.2) is 0 Å². The maximum atomic E-state index is 9.85. The number of benzene rings is 1. The van der Waals surface area contributed by atoms with Crippen molar-refractivity contribution in [3.8, 4) is 0 Å². The number of ether oxygens (including phenoxy) is 1. The second kappa shape index (κ2) is 8.52. The van der Waals surface area contributed by atoms with Gasteiger partial charge in [0.1, 0.15) is 0 Å². The summed E-state index contributed by atoms with van der Waals surface area (Å²) in [6, 6.07) is 15.9. The molecule has 21 heavy (non-hydrogen) atoms. The van der Waals surface area contributed by atoms with E-state index >= 15 is 0 Å². The SMILES string of the molecule is Cc1cccc(CNCC(O)COCc2ccccc2)n1. The molecular weight excluding hydrogens is 264 g/mol. The minimum Gasteiger partial charge on any atom is -0.389 e. The minimum absolute atomic E-state index is 0.323. The molecule has 4 heteroatoms. The first-order valence-corrected chi connectivity index (χ1v) is 7.17. The van der Waals surface area contributed by atoms with Crippen LogP contribution in [0.15, 0.2) is 48.5 Å². The van der Waals surface area contributed by atoms with E-state index in [1.807, 2.05) is 55.5 Å². The van der Waals surface area contributed by atoms with Crippen LogP contribution < -0.4 is 5.32 Å².